The number of aldehydes is 1. The highest BCUT2D eigenvalue weighted by Crippen LogP contribution is 2.36. The Hall–Kier alpha value is -0.450. The first-order valence-electron chi connectivity index (χ1n) is 4.07. The van der Waals surface area contributed by atoms with Gasteiger partial charge in [-0.3, -0.25) is 0 Å². The first-order chi connectivity index (χ1) is 5.61. The average Bonchev–Trinajstić information content (AvgIpc) is 2.40. The lowest BCUT2D eigenvalue weighted by Crippen LogP contribution is -2.25. The standard InChI is InChI=1S/C8H12O4/c1-8(2)11-6-3-5(4-9)10-7(6)12-8/h4-7H,3H2,1-2H3. The maximum Gasteiger partial charge on any atom is 0.188 e. The van der Waals surface area contributed by atoms with Gasteiger partial charge in [0.2, 0.25) is 0 Å². The summed E-state index contributed by atoms with van der Waals surface area (Å²) in [5, 5.41) is 0. The molecule has 0 radical (unpaired) electrons. The zero-order valence-corrected chi connectivity index (χ0v) is 7.15. The fourth-order valence-corrected chi connectivity index (χ4v) is 1.62. The van der Waals surface area contributed by atoms with E-state index < -0.39 is 5.79 Å². The Morgan fingerprint density at radius 3 is 2.75 bits per heavy atom. The average molecular weight is 172 g/mol. The number of rotatable bonds is 1. The van der Waals surface area contributed by atoms with E-state index in [1.807, 2.05) is 13.8 Å². The molecular formula is C8H12O4. The van der Waals surface area contributed by atoms with Crippen molar-refractivity contribution in [2.24, 2.45) is 0 Å². The SMILES string of the molecule is CC1(C)OC2CC(C=O)OC2O1. The summed E-state index contributed by atoms with van der Waals surface area (Å²) in [5.41, 5.74) is 0. The number of carbonyl (C=O) groups excluding carboxylic acids is 1. The van der Waals surface area contributed by atoms with Crippen molar-refractivity contribution in [1.29, 1.82) is 0 Å². The van der Waals surface area contributed by atoms with E-state index in [1.54, 1.807) is 0 Å². The molecule has 2 saturated heterocycles. The first kappa shape index (κ1) is 8.16. The molecule has 0 N–H and O–H groups in total. The van der Waals surface area contributed by atoms with Gasteiger partial charge in [0.1, 0.15) is 18.5 Å². The Balaban J connectivity index is 2.02. The summed E-state index contributed by atoms with van der Waals surface area (Å²) in [6.45, 7) is 3.68. The lowest BCUT2D eigenvalue weighted by atomic mass is 10.2. The molecule has 68 valence electrons. The van der Waals surface area contributed by atoms with Gasteiger partial charge in [-0.2, -0.15) is 0 Å². The zero-order chi connectivity index (χ0) is 8.77. The van der Waals surface area contributed by atoms with E-state index in [0.29, 0.717) is 6.42 Å². The van der Waals surface area contributed by atoms with Crippen LogP contribution in [0.5, 0.6) is 0 Å². The van der Waals surface area contributed by atoms with E-state index in [2.05, 4.69) is 0 Å². The van der Waals surface area contributed by atoms with Crippen LogP contribution in [-0.4, -0.2) is 30.6 Å². The quantitative estimate of drug-likeness (QED) is 0.539. The van der Waals surface area contributed by atoms with Crippen LogP contribution < -0.4 is 0 Å². The number of hydrogen-bond donors (Lipinski definition) is 0. The van der Waals surface area contributed by atoms with Gasteiger partial charge in [-0.25, -0.2) is 0 Å². The minimum Gasteiger partial charge on any atom is -0.342 e. The van der Waals surface area contributed by atoms with Crippen LogP contribution in [0.3, 0.4) is 0 Å². The van der Waals surface area contributed by atoms with Crippen molar-refractivity contribution < 1.29 is 19.0 Å². The monoisotopic (exact) mass is 172 g/mol. The molecule has 2 heterocycles. The third-order valence-corrected chi connectivity index (χ3v) is 2.06. The van der Waals surface area contributed by atoms with Gasteiger partial charge in [0.15, 0.2) is 12.1 Å². The fourth-order valence-electron chi connectivity index (χ4n) is 1.62. The molecule has 0 saturated carbocycles. The zero-order valence-electron chi connectivity index (χ0n) is 7.15. The summed E-state index contributed by atoms with van der Waals surface area (Å²) >= 11 is 0. The van der Waals surface area contributed by atoms with E-state index in [4.69, 9.17) is 14.2 Å². The largest absolute Gasteiger partial charge is 0.342 e. The molecular weight excluding hydrogens is 160 g/mol. The van der Waals surface area contributed by atoms with Gasteiger partial charge < -0.3 is 19.0 Å². The van der Waals surface area contributed by atoms with Crippen LogP contribution in [0, 0.1) is 0 Å². The molecule has 3 unspecified atom stereocenters. The molecule has 0 aromatic heterocycles. The third-order valence-electron chi connectivity index (χ3n) is 2.06. The summed E-state index contributed by atoms with van der Waals surface area (Å²) in [7, 11) is 0. The molecule has 2 aliphatic heterocycles. The van der Waals surface area contributed by atoms with Crippen molar-refractivity contribution in [3.05, 3.63) is 0 Å². The van der Waals surface area contributed by atoms with E-state index >= 15 is 0 Å². The minimum absolute atomic E-state index is 0.0739. The molecule has 2 fully saturated rings. The molecule has 2 rings (SSSR count). The van der Waals surface area contributed by atoms with Gasteiger partial charge in [-0.05, 0) is 13.8 Å². The van der Waals surface area contributed by atoms with Gasteiger partial charge in [0, 0.05) is 6.42 Å². The maximum absolute atomic E-state index is 10.4. The number of carbonyl (C=O) groups is 1. The molecule has 0 aliphatic carbocycles. The smallest absolute Gasteiger partial charge is 0.188 e. The predicted octanol–water partition coefficient (Wildman–Crippen LogP) is 0.452. The summed E-state index contributed by atoms with van der Waals surface area (Å²) in [4.78, 5) is 10.4. The van der Waals surface area contributed by atoms with Crippen molar-refractivity contribution in [3.63, 3.8) is 0 Å². The Bertz CT molecular complexity index is 185. The van der Waals surface area contributed by atoms with Gasteiger partial charge in [-0.1, -0.05) is 0 Å². The summed E-state index contributed by atoms with van der Waals surface area (Å²) < 4.78 is 16.2. The van der Waals surface area contributed by atoms with E-state index in [1.165, 1.54) is 0 Å². The summed E-state index contributed by atoms with van der Waals surface area (Å²) in [5.74, 6) is -0.566. The molecule has 3 atom stereocenters. The third kappa shape index (κ3) is 1.26. The van der Waals surface area contributed by atoms with Crippen molar-refractivity contribution >= 4 is 6.29 Å². The fraction of sp³-hybridized carbons (Fsp3) is 0.875. The van der Waals surface area contributed by atoms with E-state index in [-0.39, 0.29) is 18.5 Å². The Kier molecular flexibility index (Phi) is 1.71. The Labute approximate surface area is 70.8 Å². The molecule has 0 spiro atoms. The van der Waals surface area contributed by atoms with Crippen LogP contribution in [0.1, 0.15) is 20.3 Å². The molecule has 2 aliphatic rings. The highest BCUT2D eigenvalue weighted by molar-refractivity contribution is 5.56. The molecule has 0 amide bonds. The van der Waals surface area contributed by atoms with Crippen LogP contribution in [-0.2, 0) is 19.0 Å². The van der Waals surface area contributed by atoms with Crippen LogP contribution in [0.2, 0.25) is 0 Å². The van der Waals surface area contributed by atoms with Gasteiger partial charge >= 0.3 is 0 Å². The van der Waals surface area contributed by atoms with Gasteiger partial charge in [-0.15, -0.1) is 0 Å². The normalized spacial score (nSPS) is 44.3. The van der Waals surface area contributed by atoms with Gasteiger partial charge in [0.05, 0.1) is 0 Å². The molecule has 12 heavy (non-hydrogen) atoms. The first-order valence-corrected chi connectivity index (χ1v) is 4.07. The topological polar surface area (TPSA) is 44.8 Å². The molecule has 0 aromatic carbocycles. The van der Waals surface area contributed by atoms with Gasteiger partial charge in [0.25, 0.3) is 0 Å². The highest BCUT2D eigenvalue weighted by atomic mass is 16.8. The molecule has 4 heteroatoms. The lowest BCUT2D eigenvalue weighted by molar-refractivity contribution is -0.202. The minimum atomic E-state index is -0.566. The number of fused-ring (bicyclic) bond motifs is 1. The van der Waals surface area contributed by atoms with Crippen molar-refractivity contribution in [2.45, 2.75) is 44.6 Å². The van der Waals surface area contributed by atoms with E-state index in [9.17, 15) is 4.79 Å². The number of hydrogen-bond acceptors (Lipinski definition) is 4. The second-order valence-corrected chi connectivity index (χ2v) is 3.59. The molecule has 4 nitrogen and oxygen atoms in total. The summed E-state index contributed by atoms with van der Waals surface area (Å²) in [6.07, 6.45) is 0.622. The molecule has 0 aromatic rings. The van der Waals surface area contributed by atoms with Crippen molar-refractivity contribution in [1.82, 2.24) is 0 Å². The second-order valence-electron chi connectivity index (χ2n) is 3.59. The Morgan fingerprint density at radius 2 is 2.17 bits per heavy atom. The maximum atomic E-state index is 10.4. The van der Waals surface area contributed by atoms with Crippen molar-refractivity contribution in [3.8, 4) is 0 Å². The molecule has 0 bridgehead atoms. The highest BCUT2D eigenvalue weighted by Gasteiger charge is 2.48. The van der Waals surface area contributed by atoms with Crippen LogP contribution in [0.15, 0.2) is 0 Å². The van der Waals surface area contributed by atoms with Crippen LogP contribution >= 0.6 is 0 Å². The number of ether oxygens (including phenoxy) is 3. The second kappa shape index (κ2) is 2.52. The van der Waals surface area contributed by atoms with Crippen LogP contribution in [0.4, 0.5) is 0 Å². The van der Waals surface area contributed by atoms with Crippen LogP contribution in [0.25, 0.3) is 0 Å². The van der Waals surface area contributed by atoms with E-state index in [0.717, 1.165) is 6.29 Å². The lowest BCUT2D eigenvalue weighted by Gasteiger charge is -2.18. The van der Waals surface area contributed by atoms with Crippen molar-refractivity contribution in [2.75, 3.05) is 0 Å². The summed E-state index contributed by atoms with van der Waals surface area (Å²) in [6, 6.07) is 0. The predicted molar refractivity (Wildman–Crippen MR) is 39.4 cm³/mol. The Morgan fingerprint density at radius 1 is 1.42 bits per heavy atom.